The number of aromatic nitrogens is 2. The molecule has 0 radical (unpaired) electrons. The van der Waals surface area contributed by atoms with Crippen molar-refractivity contribution in [1.29, 1.82) is 0 Å². The molecule has 96 valence electrons. The fourth-order valence-electron chi connectivity index (χ4n) is 1.35. The molecule has 18 heavy (non-hydrogen) atoms. The molecular formula is C12H14IN3OS. The van der Waals surface area contributed by atoms with Gasteiger partial charge in [-0.1, -0.05) is 29.4 Å². The Morgan fingerprint density at radius 2 is 2.28 bits per heavy atom. The Labute approximate surface area is 124 Å². The molecule has 0 aliphatic rings. The molecule has 0 bridgehead atoms. The number of nitrogens with one attached hydrogen (secondary N) is 1. The second-order valence-electron chi connectivity index (χ2n) is 3.70. The van der Waals surface area contributed by atoms with Gasteiger partial charge in [-0.3, -0.25) is 0 Å². The van der Waals surface area contributed by atoms with Gasteiger partial charge in [-0.25, -0.2) is 0 Å². The van der Waals surface area contributed by atoms with Gasteiger partial charge in [0.25, 0.3) is 5.19 Å². The first-order chi connectivity index (χ1) is 8.78. The number of hydrogen-bond acceptors (Lipinski definition) is 5. The van der Waals surface area contributed by atoms with Gasteiger partial charge in [-0.05, 0) is 53.8 Å². The fraction of sp³-hybridized carbons (Fsp3) is 0.333. The lowest BCUT2D eigenvalue weighted by Crippen LogP contribution is -2.13. The summed E-state index contributed by atoms with van der Waals surface area (Å²) in [6.07, 6.45) is 1.12. The zero-order chi connectivity index (χ0) is 12.8. The van der Waals surface area contributed by atoms with Crippen molar-refractivity contribution in [2.24, 2.45) is 0 Å². The molecule has 0 aliphatic carbocycles. The van der Waals surface area contributed by atoms with Crippen molar-refractivity contribution in [2.45, 2.75) is 19.9 Å². The molecule has 0 spiro atoms. The quantitative estimate of drug-likeness (QED) is 0.621. The van der Waals surface area contributed by atoms with Crippen LogP contribution in [0.1, 0.15) is 18.4 Å². The SMILES string of the molecule is CCCNCc1nnc(Oc2cccc(I)c2)s1. The number of hydrogen-bond donors (Lipinski definition) is 1. The Bertz CT molecular complexity index is 504. The highest BCUT2D eigenvalue weighted by molar-refractivity contribution is 14.1. The van der Waals surface area contributed by atoms with Crippen molar-refractivity contribution < 1.29 is 4.74 Å². The lowest BCUT2D eigenvalue weighted by atomic mass is 10.3. The number of halogens is 1. The van der Waals surface area contributed by atoms with Gasteiger partial charge in [0.05, 0.1) is 0 Å². The van der Waals surface area contributed by atoms with Crippen LogP contribution in [0.25, 0.3) is 0 Å². The Morgan fingerprint density at radius 1 is 1.39 bits per heavy atom. The zero-order valence-corrected chi connectivity index (χ0v) is 13.0. The lowest BCUT2D eigenvalue weighted by molar-refractivity contribution is 0.472. The van der Waals surface area contributed by atoms with E-state index in [0.29, 0.717) is 5.19 Å². The molecule has 2 rings (SSSR count). The van der Waals surface area contributed by atoms with E-state index < -0.39 is 0 Å². The van der Waals surface area contributed by atoms with Crippen LogP contribution >= 0.6 is 33.9 Å². The van der Waals surface area contributed by atoms with Gasteiger partial charge < -0.3 is 10.1 Å². The first-order valence-electron chi connectivity index (χ1n) is 5.74. The molecule has 1 aromatic carbocycles. The van der Waals surface area contributed by atoms with Crippen LogP contribution in [0.3, 0.4) is 0 Å². The van der Waals surface area contributed by atoms with Gasteiger partial charge in [0.1, 0.15) is 10.8 Å². The van der Waals surface area contributed by atoms with E-state index in [2.05, 4.69) is 45.0 Å². The molecule has 4 nitrogen and oxygen atoms in total. The first kappa shape index (κ1) is 13.7. The van der Waals surface area contributed by atoms with Gasteiger partial charge in [0.15, 0.2) is 0 Å². The molecule has 1 heterocycles. The Hall–Kier alpha value is -0.730. The van der Waals surface area contributed by atoms with Crippen LogP contribution in [0.4, 0.5) is 0 Å². The maximum absolute atomic E-state index is 5.66. The lowest BCUT2D eigenvalue weighted by Gasteiger charge is -2.00. The normalized spacial score (nSPS) is 10.6. The molecular weight excluding hydrogens is 361 g/mol. The highest BCUT2D eigenvalue weighted by atomic mass is 127. The maximum Gasteiger partial charge on any atom is 0.299 e. The molecule has 1 N–H and O–H groups in total. The van der Waals surface area contributed by atoms with E-state index in [-0.39, 0.29) is 0 Å². The monoisotopic (exact) mass is 375 g/mol. The van der Waals surface area contributed by atoms with Gasteiger partial charge in [-0.15, -0.1) is 5.10 Å². The van der Waals surface area contributed by atoms with Crippen LogP contribution in [0, 0.1) is 3.57 Å². The molecule has 0 saturated heterocycles. The van der Waals surface area contributed by atoms with E-state index in [1.807, 2.05) is 24.3 Å². The third-order valence-corrected chi connectivity index (χ3v) is 3.62. The Balaban J connectivity index is 1.94. The van der Waals surface area contributed by atoms with Gasteiger partial charge in [0, 0.05) is 10.1 Å². The van der Waals surface area contributed by atoms with E-state index in [4.69, 9.17) is 4.74 Å². The van der Waals surface area contributed by atoms with Crippen LogP contribution in [0.2, 0.25) is 0 Å². The van der Waals surface area contributed by atoms with Gasteiger partial charge >= 0.3 is 0 Å². The average molecular weight is 375 g/mol. The Kier molecular flexibility index (Phi) is 5.33. The summed E-state index contributed by atoms with van der Waals surface area (Å²) in [6, 6.07) is 7.87. The highest BCUT2D eigenvalue weighted by Crippen LogP contribution is 2.25. The smallest absolute Gasteiger partial charge is 0.299 e. The third kappa shape index (κ3) is 4.18. The predicted molar refractivity (Wildman–Crippen MR) is 81.1 cm³/mol. The van der Waals surface area contributed by atoms with Crippen molar-refractivity contribution in [1.82, 2.24) is 15.5 Å². The van der Waals surface area contributed by atoms with Crippen LogP contribution in [-0.2, 0) is 6.54 Å². The largest absolute Gasteiger partial charge is 0.430 e. The third-order valence-electron chi connectivity index (χ3n) is 2.15. The van der Waals surface area contributed by atoms with Crippen LogP contribution in [-0.4, -0.2) is 16.7 Å². The number of rotatable bonds is 6. The standard InChI is InChI=1S/C12H14IN3OS/c1-2-6-14-8-11-15-16-12(18-11)17-10-5-3-4-9(13)7-10/h3-5,7,14H,2,6,8H2,1H3. The van der Waals surface area contributed by atoms with Gasteiger partial charge in [-0.2, -0.15) is 0 Å². The summed E-state index contributed by atoms with van der Waals surface area (Å²) in [5, 5.41) is 12.9. The van der Waals surface area contributed by atoms with Crippen LogP contribution < -0.4 is 10.1 Å². The van der Waals surface area contributed by atoms with Crippen molar-refractivity contribution in [3.63, 3.8) is 0 Å². The van der Waals surface area contributed by atoms with Crippen molar-refractivity contribution in [2.75, 3.05) is 6.54 Å². The average Bonchev–Trinajstić information content (AvgIpc) is 2.77. The summed E-state index contributed by atoms with van der Waals surface area (Å²) in [7, 11) is 0. The minimum absolute atomic E-state index is 0.588. The topological polar surface area (TPSA) is 47.0 Å². The summed E-state index contributed by atoms with van der Waals surface area (Å²) in [6.45, 7) is 3.88. The van der Waals surface area contributed by atoms with Crippen molar-refractivity contribution >= 4 is 33.9 Å². The van der Waals surface area contributed by atoms with Crippen LogP contribution in [0.15, 0.2) is 24.3 Å². The zero-order valence-electron chi connectivity index (χ0n) is 10.0. The van der Waals surface area contributed by atoms with E-state index >= 15 is 0 Å². The summed E-state index contributed by atoms with van der Waals surface area (Å²) >= 11 is 3.73. The van der Waals surface area contributed by atoms with Crippen molar-refractivity contribution in [3.05, 3.63) is 32.8 Å². The molecule has 0 fully saturated rings. The highest BCUT2D eigenvalue weighted by Gasteiger charge is 2.06. The Morgan fingerprint density at radius 3 is 3.06 bits per heavy atom. The number of ether oxygens (including phenoxy) is 1. The number of benzene rings is 1. The van der Waals surface area contributed by atoms with E-state index in [0.717, 1.165) is 33.8 Å². The molecule has 6 heteroatoms. The molecule has 0 atom stereocenters. The second kappa shape index (κ2) is 7.01. The minimum atomic E-state index is 0.588. The summed E-state index contributed by atoms with van der Waals surface area (Å²) in [5.74, 6) is 0.797. The number of nitrogens with zero attached hydrogens (tertiary/aromatic N) is 2. The second-order valence-corrected chi connectivity index (χ2v) is 5.97. The van der Waals surface area contributed by atoms with Crippen molar-refractivity contribution in [3.8, 4) is 10.9 Å². The molecule has 0 saturated carbocycles. The van der Waals surface area contributed by atoms with E-state index in [1.165, 1.54) is 11.3 Å². The maximum atomic E-state index is 5.66. The first-order valence-corrected chi connectivity index (χ1v) is 7.64. The minimum Gasteiger partial charge on any atom is -0.430 e. The van der Waals surface area contributed by atoms with E-state index in [1.54, 1.807) is 0 Å². The van der Waals surface area contributed by atoms with Crippen LogP contribution in [0.5, 0.6) is 10.9 Å². The fourth-order valence-corrected chi connectivity index (χ4v) is 2.55. The molecule has 2 aromatic rings. The van der Waals surface area contributed by atoms with Gasteiger partial charge in [0.2, 0.25) is 0 Å². The molecule has 1 aromatic heterocycles. The molecule has 0 amide bonds. The van der Waals surface area contributed by atoms with E-state index in [9.17, 15) is 0 Å². The summed E-state index contributed by atoms with van der Waals surface area (Å²) < 4.78 is 6.80. The molecule has 0 unspecified atom stereocenters. The predicted octanol–water partition coefficient (Wildman–Crippen LogP) is 3.43. The summed E-state index contributed by atoms with van der Waals surface area (Å²) in [5.41, 5.74) is 0. The summed E-state index contributed by atoms with van der Waals surface area (Å²) in [4.78, 5) is 0. The molecule has 0 aliphatic heterocycles.